The quantitative estimate of drug-likeness (QED) is 0.363. The van der Waals surface area contributed by atoms with Gasteiger partial charge in [0.05, 0.1) is 17.5 Å². The minimum atomic E-state index is -0.0587. The van der Waals surface area contributed by atoms with Gasteiger partial charge in [0.2, 0.25) is 0 Å². The van der Waals surface area contributed by atoms with Crippen LogP contribution in [-0.2, 0) is 12.3 Å². The number of thioether (sulfide) groups is 1. The number of thiazole rings is 1. The molecule has 4 heterocycles. The first-order valence-corrected chi connectivity index (χ1v) is 10.1. The summed E-state index contributed by atoms with van der Waals surface area (Å²) in [7, 11) is 0. The van der Waals surface area contributed by atoms with Crippen molar-refractivity contribution in [3.05, 3.63) is 63.9 Å². The minimum Gasteiger partial charge on any atom is -0.469 e. The van der Waals surface area contributed by atoms with E-state index in [1.54, 1.807) is 22.8 Å². The molecule has 4 aromatic heterocycles. The van der Waals surface area contributed by atoms with Crippen molar-refractivity contribution < 1.29 is 4.42 Å². The van der Waals surface area contributed by atoms with Crippen molar-refractivity contribution in [2.75, 3.05) is 0 Å². The van der Waals surface area contributed by atoms with Gasteiger partial charge < -0.3 is 4.42 Å². The number of furan rings is 1. The number of fused-ring (bicyclic) bond motifs is 1. The molecule has 0 aliphatic rings. The first kappa shape index (κ1) is 17.7. The summed E-state index contributed by atoms with van der Waals surface area (Å²) in [6.45, 7) is 8.20. The van der Waals surface area contributed by atoms with Crippen molar-refractivity contribution in [2.24, 2.45) is 0 Å². The van der Waals surface area contributed by atoms with Crippen molar-refractivity contribution in [3.63, 3.8) is 0 Å². The Kier molecular flexibility index (Phi) is 4.71. The zero-order chi connectivity index (χ0) is 19.0. The highest BCUT2D eigenvalue weighted by molar-refractivity contribution is 7.98. The lowest BCUT2D eigenvalue weighted by Gasteiger charge is -2.07. The van der Waals surface area contributed by atoms with E-state index in [1.165, 1.54) is 23.1 Å². The van der Waals surface area contributed by atoms with Crippen LogP contribution in [0.15, 0.2) is 50.8 Å². The molecule has 4 rings (SSSR count). The van der Waals surface area contributed by atoms with Crippen LogP contribution in [-0.4, -0.2) is 24.1 Å². The molecule has 0 saturated carbocycles. The van der Waals surface area contributed by atoms with Crippen LogP contribution in [0.5, 0.6) is 0 Å². The summed E-state index contributed by atoms with van der Waals surface area (Å²) in [4.78, 5) is 17.6. The lowest BCUT2D eigenvalue weighted by Crippen LogP contribution is -2.14. The van der Waals surface area contributed by atoms with E-state index < -0.39 is 0 Å². The number of rotatable bonds is 6. The Hall–Kier alpha value is -2.65. The van der Waals surface area contributed by atoms with E-state index in [0.717, 1.165) is 33.7 Å². The van der Waals surface area contributed by atoms with Crippen molar-refractivity contribution in [2.45, 2.75) is 31.3 Å². The van der Waals surface area contributed by atoms with E-state index in [2.05, 4.69) is 21.8 Å². The normalized spacial score (nSPS) is 11.3. The van der Waals surface area contributed by atoms with E-state index in [1.807, 2.05) is 29.9 Å². The Morgan fingerprint density at radius 3 is 2.96 bits per heavy atom. The Morgan fingerprint density at radius 2 is 2.22 bits per heavy atom. The molecule has 138 valence electrons. The summed E-state index contributed by atoms with van der Waals surface area (Å²) >= 11 is 2.96. The van der Waals surface area contributed by atoms with Gasteiger partial charge >= 0.3 is 0 Å². The van der Waals surface area contributed by atoms with Crippen molar-refractivity contribution in [3.8, 4) is 11.4 Å². The fraction of sp³-hybridized carbons (Fsp3) is 0.222. The van der Waals surface area contributed by atoms with Crippen molar-refractivity contribution in [1.29, 1.82) is 0 Å². The van der Waals surface area contributed by atoms with Crippen LogP contribution >= 0.6 is 23.1 Å². The maximum atomic E-state index is 12.3. The second kappa shape index (κ2) is 7.16. The molecule has 0 saturated heterocycles. The Bertz CT molecular complexity index is 1180. The second-order valence-corrected chi connectivity index (χ2v) is 7.74. The van der Waals surface area contributed by atoms with Crippen molar-refractivity contribution in [1.82, 2.24) is 24.1 Å². The Morgan fingerprint density at radius 1 is 1.37 bits per heavy atom. The molecule has 0 unspecified atom stereocenters. The van der Waals surface area contributed by atoms with E-state index in [4.69, 9.17) is 4.42 Å². The van der Waals surface area contributed by atoms with Crippen LogP contribution in [0.2, 0.25) is 0 Å². The monoisotopic (exact) mass is 399 g/mol. The molecule has 0 aliphatic carbocycles. The molecule has 0 amide bonds. The maximum Gasteiger partial charge on any atom is 0.258 e. The van der Waals surface area contributed by atoms with E-state index >= 15 is 0 Å². The van der Waals surface area contributed by atoms with E-state index in [9.17, 15) is 4.79 Å². The lowest BCUT2D eigenvalue weighted by molar-refractivity contribution is 0.534. The van der Waals surface area contributed by atoms with Gasteiger partial charge in [-0.05, 0) is 19.9 Å². The van der Waals surface area contributed by atoms with Crippen LogP contribution < -0.4 is 5.56 Å². The lowest BCUT2D eigenvalue weighted by atomic mass is 10.2. The van der Waals surface area contributed by atoms with Gasteiger partial charge in [0, 0.05) is 29.4 Å². The van der Waals surface area contributed by atoms with Crippen LogP contribution in [0.4, 0.5) is 0 Å². The highest BCUT2D eigenvalue weighted by Gasteiger charge is 2.17. The molecule has 0 atom stereocenters. The zero-order valence-corrected chi connectivity index (χ0v) is 16.5. The molecule has 0 N–H and O–H groups in total. The van der Waals surface area contributed by atoms with Gasteiger partial charge in [-0.3, -0.25) is 13.8 Å². The topological polar surface area (TPSA) is 78.2 Å². The summed E-state index contributed by atoms with van der Waals surface area (Å²) in [5.74, 6) is 2.06. The minimum absolute atomic E-state index is 0.0587. The maximum absolute atomic E-state index is 12.3. The average molecular weight is 400 g/mol. The molecule has 27 heavy (non-hydrogen) atoms. The van der Waals surface area contributed by atoms with Crippen molar-refractivity contribution >= 4 is 28.1 Å². The van der Waals surface area contributed by atoms with E-state index in [0.29, 0.717) is 17.3 Å². The van der Waals surface area contributed by atoms with Crippen LogP contribution in [0, 0.1) is 13.8 Å². The predicted molar refractivity (Wildman–Crippen MR) is 106 cm³/mol. The molecule has 0 radical (unpaired) electrons. The highest BCUT2D eigenvalue weighted by atomic mass is 32.2. The fourth-order valence-corrected chi connectivity index (χ4v) is 4.55. The largest absolute Gasteiger partial charge is 0.469 e. The summed E-state index contributed by atoms with van der Waals surface area (Å²) in [5.41, 5.74) is 2.47. The van der Waals surface area contributed by atoms with Gasteiger partial charge in [-0.25, -0.2) is 4.98 Å². The van der Waals surface area contributed by atoms with E-state index in [-0.39, 0.29) is 5.56 Å². The molecular weight excluding hydrogens is 382 g/mol. The summed E-state index contributed by atoms with van der Waals surface area (Å²) < 4.78 is 8.99. The Balaban J connectivity index is 1.63. The molecule has 7 nitrogen and oxygen atoms in total. The third kappa shape index (κ3) is 3.24. The molecule has 0 bridgehead atoms. The standard InChI is InChI=1S/C18H17N5O2S2/c1-4-6-22-16(14-5-7-25-12(14)3)20-21-18(22)27-10-13-8-15(24)23-11(2)9-26-17(23)19-13/h4-5,7-9H,1,6,10H2,2-3H3. The van der Waals surface area contributed by atoms with Crippen LogP contribution in [0.1, 0.15) is 17.1 Å². The number of hydrogen-bond donors (Lipinski definition) is 0. The Labute approximate surface area is 163 Å². The third-order valence-corrected chi connectivity index (χ3v) is 6.05. The van der Waals surface area contributed by atoms with Gasteiger partial charge in [-0.2, -0.15) is 0 Å². The summed E-state index contributed by atoms with van der Waals surface area (Å²) in [6.07, 6.45) is 3.44. The molecule has 0 aliphatic heterocycles. The molecular formula is C18H17N5O2S2. The first-order chi connectivity index (χ1) is 13.1. The van der Waals surface area contributed by atoms with Gasteiger partial charge in [0.1, 0.15) is 5.76 Å². The second-order valence-electron chi connectivity index (χ2n) is 5.97. The third-order valence-electron chi connectivity index (χ3n) is 4.11. The summed E-state index contributed by atoms with van der Waals surface area (Å²) in [5, 5.41) is 11.3. The number of nitrogens with zero attached hydrogens (tertiary/aromatic N) is 5. The zero-order valence-electron chi connectivity index (χ0n) is 14.9. The number of aryl methyl sites for hydroxylation is 2. The predicted octanol–water partition coefficient (Wildman–Crippen LogP) is 3.70. The van der Waals surface area contributed by atoms with Gasteiger partial charge in [0.15, 0.2) is 15.9 Å². The molecule has 0 aromatic carbocycles. The molecule has 4 aromatic rings. The number of hydrogen-bond acceptors (Lipinski definition) is 7. The number of allylic oxidation sites excluding steroid dienone is 1. The average Bonchev–Trinajstić information content (AvgIpc) is 3.33. The fourth-order valence-electron chi connectivity index (χ4n) is 2.82. The summed E-state index contributed by atoms with van der Waals surface area (Å²) in [6, 6.07) is 3.46. The number of aromatic nitrogens is 5. The SMILES string of the molecule is C=CCn1c(SCc2cc(=O)n3c(C)csc3n2)nnc1-c1ccoc1C. The van der Waals surface area contributed by atoms with Crippen LogP contribution in [0.3, 0.4) is 0 Å². The first-order valence-electron chi connectivity index (χ1n) is 8.26. The van der Waals surface area contributed by atoms with Gasteiger partial charge in [-0.1, -0.05) is 17.8 Å². The highest BCUT2D eigenvalue weighted by Crippen LogP contribution is 2.28. The molecule has 0 fully saturated rings. The van der Waals surface area contributed by atoms with Crippen LogP contribution in [0.25, 0.3) is 16.3 Å². The van der Waals surface area contributed by atoms with Gasteiger partial charge in [0.25, 0.3) is 5.56 Å². The molecule has 9 heteroatoms. The smallest absolute Gasteiger partial charge is 0.258 e. The van der Waals surface area contributed by atoms with Gasteiger partial charge in [-0.15, -0.1) is 28.1 Å². The molecule has 0 spiro atoms.